The molecule has 0 unspecified atom stereocenters. The van der Waals surface area contributed by atoms with Crippen LogP contribution in [0.5, 0.6) is 11.5 Å². The zero-order valence-corrected chi connectivity index (χ0v) is 19.7. The molecule has 0 aliphatic carbocycles. The molecule has 0 atom stereocenters. The number of carbonyl (C=O) groups excluding carboxylic acids is 1. The molecule has 2 heterocycles. The quantitative estimate of drug-likeness (QED) is 0.601. The minimum atomic E-state index is -3.61. The number of thioether (sulfide) groups is 1. The van der Waals surface area contributed by atoms with Gasteiger partial charge in [-0.05, 0) is 48.5 Å². The second kappa shape index (κ2) is 9.39. The fourth-order valence-electron chi connectivity index (χ4n) is 3.06. The lowest BCUT2D eigenvalue weighted by Crippen LogP contribution is -2.35. The van der Waals surface area contributed by atoms with E-state index in [2.05, 4.69) is 10.1 Å². The van der Waals surface area contributed by atoms with E-state index in [1.807, 2.05) is 0 Å². The normalized spacial score (nSPS) is 16.9. The summed E-state index contributed by atoms with van der Waals surface area (Å²) in [5, 5.41) is 13.3. The average Bonchev–Trinajstić information content (AvgIpc) is 3.22. The first-order valence-corrected chi connectivity index (χ1v) is 12.7. The smallest absolute Gasteiger partial charge is 0.283 e. The van der Waals surface area contributed by atoms with E-state index < -0.39 is 15.7 Å². The number of halogens is 1. The van der Waals surface area contributed by atoms with Gasteiger partial charge in [0.05, 0.1) is 12.2 Å². The van der Waals surface area contributed by atoms with E-state index in [9.17, 15) is 17.6 Å². The van der Waals surface area contributed by atoms with Crippen molar-refractivity contribution < 1.29 is 27.1 Å². The molecule has 2 aromatic carbocycles. The first-order chi connectivity index (χ1) is 16.2. The molecule has 176 valence electrons. The number of hydrazone groups is 1. The largest absolute Gasteiger partial charge is 0.490 e. The van der Waals surface area contributed by atoms with Crippen molar-refractivity contribution in [1.82, 2.24) is 5.01 Å². The van der Waals surface area contributed by atoms with Gasteiger partial charge in [-0.2, -0.15) is 10.0 Å². The van der Waals surface area contributed by atoms with Crippen molar-refractivity contribution >= 4 is 49.0 Å². The Bertz CT molecular complexity index is 1390. The average molecular weight is 503 g/mol. The summed E-state index contributed by atoms with van der Waals surface area (Å²) in [5.41, 5.74) is 0.849. The van der Waals surface area contributed by atoms with Crippen molar-refractivity contribution in [2.24, 2.45) is 10.1 Å². The SMILES string of the molecule is CCOc1cc(/C=C2/C(=N)N3N=C(S(C)(=O)=O)SC3=NC2=O)ccc1OCc1ccccc1F. The summed E-state index contributed by atoms with van der Waals surface area (Å²) >= 11 is 0.719. The molecule has 0 radical (unpaired) electrons. The van der Waals surface area contributed by atoms with E-state index in [1.54, 1.807) is 43.3 Å². The lowest BCUT2D eigenvalue weighted by molar-refractivity contribution is -0.114. The number of hydrogen-bond acceptors (Lipinski definition) is 8. The second-order valence-corrected chi connectivity index (χ2v) is 10.3. The van der Waals surface area contributed by atoms with Crippen molar-refractivity contribution in [3.8, 4) is 11.5 Å². The van der Waals surface area contributed by atoms with Gasteiger partial charge in [0.2, 0.25) is 19.4 Å². The molecule has 34 heavy (non-hydrogen) atoms. The summed E-state index contributed by atoms with van der Waals surface area (Å²) in [6, 6.07) is 11.2. The summed E-state index contributed by atoms with van der Waals surface area (Å²) in [4.78, 5) is 16.4. The Hall–Kier alpha value is -3.51. The fraction of sp³-hybridized carbons (Fsp3) is 0.182. The topological polar surface area (TPSA) is 121 Å². The predicted octanol–water partition coefficient (Wildman–Crippen LogP) is 3.42. The summed E-state index contributed by atoms with van der Waals surface area (Å²) in [6.45, 7) is 2.14. The van der Waals surface area contributed by atoms with Gasteiger partial charge in [0.15, 0.2) is 17.3 Å². The number of carbonyl (C=O) groups is 1. The molecule has 1 N–H and O–H groups in total. The van der Waals surface area contributed by atoms with Gasteiger partial charge in [0, 0.05) is 11.8 Å². The van der Waals surface area contributed by atoms with E-state index in [0.717, 1.165) is 23.0 Å². The Morgan fingerprint density at radius 3 is 2.65 bits per heavy atom. The number of nitrogens with one attached hydrogen (secondary N) is 1. The molecular weight excluding hydrogens is 483 g/mol. The minimum Gasteiger partial charge on any atom is -0.490 e. The maximum absolute atomic E-state index is 13.9. The Labute approximate surface area is 199 Å². The molecule has 4 rings (SSSR count). The van der Waals surface area contributed by atoms with Gasteiger partial charge in [-0.25, -0.2) is 12.8 Å². The molecule has 0 bridgehead atoms. The van der Waals surface area contributed by atoms with Gasteiger partial charge in [-0.1, -0.05) is 24.3 Å². The Morgan fingerprint density at radius 2 is 1.94 bits per heavy atom. The number of benzene rings is 2. The number of amides is 1. The van der Waals surface area contributed by atoms with E-state index in [4.69, 9.17) is 14.9 Å². The molecule has 0 aromatic heterocycles. The summed E-state index contributed by atoms with van der Waals surface area (Å²) in [7, 11) is -3.61. The van der Waals surface area contributed by atoms with Gasteiger partial charge in [0.25, 0.3) is 5.91 Å². The van der Waals surface area contributed by atoms with Crippen LogP contribution in [0.2, 0.25) is 0 Å². The van der Waals surface area contributed by atoms with Gasteiger partial charge >= 0.3 is 0 Å². The van der Waals surface area contributed by atoms with E-state index in [-0.39, 0.29) is 33.4 Å². The third-order valence-corrected chi connectivity index (χ3v) is 7.25. The van der Waals surface area contributed by atoms with Crippen LogP contribution < -0.4 is 9.47 Å². The number of fused-ring (bicyclic) bond motifs is 1. The van der Waals surface area contributed by atoms with Crippen LogP contribution in [0, 0.1) is 11.2 Å². The van der Waals surface area contributed by atoms with Crippen LogP contribution in [0.15, 0.2) is 58.1 Å². The summed E-state index contributed by atoms with van der Waals surface area (Å²) in [5.74, 6) is -0.597. The molecule has 0 saturated carbocycles. The number of hydrogen-bond donors (Lipinski definition) is 1. The maximum atomic E-state index is 13.9. The molecule has 1 amide bonds. The highest BCUT2D eigenvalue weighted by atomic mass is 32.3. The number of rotatable bonds is 6. The molecule has 2 aliphatic heterocycles. The van der Waals surface area contributed by atoms with Crippen molar-refractivity contribution in [3.05, 3.63) is 65.0 Å². The maximum Gasteiger partial charge on any atom is 0.283 e. The number of amidine groups is 2. The van der Waals surface area contributed by atoms with Crippen molar-refractivity contribution in [2.75, 3.05) is 12.9 Å². The molecule has 0 fully saturated rings. The Balaban J connectivity index is 1.61. The predicted molar refractivity (Wildman–Crippen MR) is 128 cm³/mol. The lowest BCUT2D eigenvalue weighted by Gasteiger charge is -2.20. The van der Waals surface area contributed by atoms with Crippen LogP contribution in [-0.2, 0) is 21.2 Å². The fourth-order valence-corrected chi connectivity index (χ4v) is 4.75. The number of sulfone groups is 1. The van der Waals surface area contributed by atoms with E-state index in [0.29, 0.717) is 29.2 Å². The second-order valence-electron chi connectivity index (χ2n) is 7.18. The van der Waals surface area contributed by atoms with Gasteiger partial charge < -0.3 is 9.47 Å². The molecule has 9 nitrogen and oxygen atoms in total. The molecule has 12 heteroatoms. The number of aliphatic imine (C=N–C) groups is 1. The highest BCUT2D eigenvalue weighted by molar-refractivity contribution is 8.42. The molecule has 0 spiro atoms. The first kappa shape index (κ1) is 23.6. The lowest BCUT2D eigenvalue weighted by atomic mass is 10.1. The van der Waals surface area contributed by atoms with Crippen molar-refractivity contribution in [3.63, 3.8) is 0 Å². The Kier molecular flexibility index (Phi) is 6.53. The van der Waals surface area contributed by atoms with Crippen LogP contribution in [0.3, 0.4) is 0 Å². The van der Waals surface area contributed by atoms with E-state index in [1.165, 1.54) is 12.1 Å². The molecule has 2 aliphatic rings. The van der Waals surface area contributed by atoms with Gasteiger partial charge in [-0.3, -0.25) is 10.2 Å². The van der Waals surface area contributed by atoms with E-state index >= 15 is 0 Å². The van der Waals surface area contributed by atoms with Crippen LogP contribution >= 0.6 is 11.8 Å². The third-order valence-electron chi connectivity index (χ3n) is 4.67. The minimum absolute atomic E-state index is 0.00110. The first-order valence-electron chi connectivity index (χ1n) is 10.0. The monoisotopic (exact) mass is 502 g/mol. The molecule has 2 aromatic rings. The highest BCUT2D eigenvalue weighted by Crippen LogP contribution is 2.33. The number of nitrogens with zero attached hydrogens (tertiary/aromatic N) is 3. The number of ether oxygens (including phenoxy) is 2. The van der Waals surface area contributed by atoms with Crippen LogP contribution in [0.4, 0.5) is 4.39 Å². The van der Waals surface area contributed by atoms with Crippen molar-refractivity contribution in [1.29, 1.82) is 5.41 Å². The van der Waals surface area contributed by atoms with Crippen LogP contribution in [0.25, 0.3) is 6.08 Å². The van der Waals surface area contributed by atoms with Crippen LogP contribution in [0.1, 0.15) is 18.1 Å². The molecular formula is C22H19FN4O5S2. The Morgan fingerprint density at radius 1 is 1.18 bits per heavy atom. The summed E-state index contributed by atoms with van der Waals surface area (Å²) in [6.07, 6.45) is 2.43. The van der Waals surface area contributed by atoms with Crippen LogP contribution in [-0.4, -0.2) is 47.6 Å². The highest BCUT2D eigenvalue weighted by Gasteiger charge is 2.38. The summed E-state index contributed by atoms with van der Waals surface area (Å²) < 4.78 is 48.6. The van der Waals surface area contributed by atoms with Gasteiger partial charge in [-0.15, -0.1) is 5.10 Å². The van der Waals surface area contributed by atoms with Crippen molar-refractivity contribution in [2.45, 2.75) is 13.5 Å². The molecule has 0 saturated heterocycles. The zero-order chi connectivity index (χ0) is 24.5. The van der Waals surface area contributed by atoms with Gasteiger partial charge in [0.1, 0.15) is 12.4 Å². The zero-order valence-electron chi connectivity index (χ0n) is 18.1. The standard InChI is InChI=1S/C22H19FN4O5S2/c1-3-31-18-11-13(8-9-17(18)32-12-14-6-4-5-7-16(14)23)10-15-19(24)27-21(25-20(15)28)33-22(26-27)34(2,29)30/h4-11,24H,3,12H2,1-2H3/b15-10-,24-19?. The third kappa shape index (κ3) is 4.87.